The van der Waals surface area contributed by atoms with E-state index in [2.05, 4.69) is 34.9 Å². The molecule has 4 aromatic rings. The molecule has 0 saturated carbocycles. The number of ether oxygens (including phenoxy) is 1. The lowest BCUT2D eigenvalue weighted by Crippen LogP contribution is -2.33. The average molecular weight is 464 g/mol. The summed E-state index contributed by atoms with van der Waals surface area (Å²) in [6.07, 6.45) is -4.81. The molecular formula is C15H20N12O6. The Morgan fingerprint density at radius 1 is 0.879 bits per heavy atom. The second-order valence-corrected chi connectivity index (χ2v) is 6.96. The van der Waals surface area contributed by atoms with E-state index in [0.717, 1.165) is 4.57 Å². The van der Waals surface area contributed by atoms with Crippen molar-refractivity contribution in [2.24, 2.45) is 0 Å². The number of nitrogens with one attached hydrogen (secondary N) is 3. The van der Waals surface area contributed by atoms with Gasteiger partial charge in [0.2, 0.25) is 17.8 Å². The number of nitrogen functional groups attached to an aromatic ring is 4. The fraction of sp³-hybridized carbons (Fsp3) is 0.333. The number of hydrogen-bond donors (Lipinski definition) is 10. The van der Waals surface area contributed by atoms with Gasteiger partial charge in [0.05, 0.1) is 6.61 Å². The predicted octanol–water partition coefficient (Wildman–Crippen LogP) is -4.29. The number of nitrogens with zero attached hydrogens (tertiary/aromatic N) is 5. The average Bonchev–Trinajstić information content (AvgIpc) is 3.36. The second kappa shape index (κ2) is 8.02. The Balaban J connectivity index is 0.000000183. The molecule has 18 nitrogen and oxygen atoms in total. The highest BCUT2D eigenvalue weighted by Crippen LogP contribution is 2.32. The van der Waals surface area contributed by atoms with E-state index < -0.39 is 36.7 Å². The highest BCUT2D eigenvalue weighted by Gasteiger charge is 2.44. The lowest BCUT2D eigenvalue weighted by Gasteiger charge is -2.17. The predicted molar refractivity (Wildman–Crippen MR) is 113 cm³/mol. The molecule has 4 aromatic heterocycles. The molecule has 0 unspecified atom stereocenters. The third-order valence-electron chi connectivity index (χ3n) is 4.77. The quantitative estimate of drug-likeness (QED) is 0.134. The minimum Gasteiger partial charge on any atom is -0.394 e. The van der Waals surface area contributed by atoms with Crippen LogP contribution >= 0.6 is 0 Å². The number of fused-ring (bicyclic) bond motifs is 2. The number of aromatic nitrogens is 8. The first-order valence-corrected chi connectivity index (χ1v) is 9.27. The van der Waals surface area contributed by atoms with Crippen LogP contribution in [0.2, 0.25) is 0 Å². The lowest BCUT2D eigenvalue weighted by atomic mass is 10.1. The molecule has 1 aliphatic rings. The van der Waals surface area contributed by atoms with Crippen molar-refractivity contribution in [3.63, 3.8) is 0 Å². The van der Waals surface area contributed by atoms with Crippen LogP contribution in [0.5, 0.6) is 0 Å². The summed E-state index contributed by atoms with van der Waals surface area (Å²) >= 11 is 0. The number of hydrogen-bond acceptors (Lipinski definition) is 14. The highest BCUT2D eigenvalue weighted by atomic mass is 16.6. The van der Waals surface area contributed by atoms with Crippen LogP contribution in [0.15, 0.2) is 9.59 Å². The van der Waals surface area contributed by atoms with Crippen molar-refractivity contribution in [2.75, 3.05) is 29.5 Å². The summed E-state index contributed by atoms with van der Waals surface area (Å²) in [6, 6.07) is 0. The van der Waals surface area contributed by atoms with Crippen LogP contribution in [-0.4, -0.2) is 79.7 Å². The fourth-order valence-corrected chi connectivity index (χ4v) is 3.30. The minimum atomic E-state index is -1.37. The van der Waals surface area contributed by atoms with E-state index in [1.165, 1.54) is 0 Å². The van der Waals surface area contributed by atoms with E-state index in [9.17, 15) is 19.8 Å². The molecule has 1 fully saturated rings. The van der Waals surface area contributed by atoms with Gasteiger partial charge in [-0.25, -0.2) is 4.98 Å². The van der Waals surface area contributed by atoms with E-state index in [-0.39, 0.29) is 51.7 Å². The van der Waals surface area contributed by atoms with Gasteiger partial charge < -0.3 is 48.0 Å². The molecule has 0 aromatic carbocycles. The van der Waals surface area contributed by atoms with Crippen LogP contribution in [0.4, 0.5) is 23.8 Å². The number of aromatic amines is 3. The topological polar surface area (TPSA) is 312 Å². The van der Waals surface area contributed by atoms with E-state index in [0.29, 0.717) is 0 Å². The van der Waals surface area contributed by atoms with Gasteiger partial charge >= 0.3 is 0 Å². The normalized spacial score (nSPS) is 22.5. The molecule has 1 aliphatic heterocycles. The van der Waals surface area contributed by atoms with Crippen molar-refractivity contribution in [3.05, 3.63) is 20.7 Å². The maximum atomic E-state index is 11.7. The molecule has 5 heterocycles. The van der Waals surface area contributed by atoms with Gasteiger partial charge in [0.1, 0.15) is 18.3 Å². The zero-order valence-electron chi connectivity index (χ0n) is 16.6. The fourth-order valence-electron chi connectivity index (χ4n) is 3.30. The van der Waals surface area contributed by atoms with E-state index in [1.807, 2.05) is 0 Å². The summed E-state index contributed by atoms with van der Waals surface area (Å²) in [5.41, 5.74) is 21.2. The SMILES string of the molecule is Nc1nc2c(nc(N)n2[C@@H]2O[C@H](CO)[C@@H](O)[C@H]2O)c(=O)[nH]1.Nc1nc2nc(N)[nH]c2c(=O)[nH]1. The van der Waals surface area contributed by atoms with E-state index in [4.69, 9.17) is 32.8 Å². The molecule has 18 heteroatoms. The molecule has 4 atom stereocenters. The van der Waals surface area contributed by atoms with Gasteiger partial charge in [0.25, 0.3) is 11.1 Å². The largest absolute Gasteiger partial charge is 0.394 e. The second-order valence-electron chi connectivity index (χ2n) is 6.96. The first-order valence-electron chi connectivity index (χ1n) is 9.27. The molecule has 176 valence electrons. The van der Waals surface area contributed by atoms with Crippen LogP contribution in [0.1, 0.15) is 6.23 Å². The highest BCUT2D eigenvalue weighted by molar-refractivity contribution is 5.74. The van der Waals surface area contributed by atoms with Crippen molar-refractivity contribution < 1.29 is 20.1 Å². The van der Waals surface area contributed by atoms with Crippen LogP contribution < -0.4 is 34.1 Å². The molecule has 0 radical (unpaired) electrons. The van der Waals surface area contributed by atoms with Crippen molar-refractivity contribution in [3.8, 4) is 0 Å². The lowest BCUT2D eigenvalue weighted by molar-refractivity contribution is -0.0500. The summed E-state index contributed by atoms with van der Waals surface area (Å²) in [5, 5.41) is 28.9. The third-order valence-corrected chi connectivity index (χ3v) is 4.77. The maximum absolute atomic E-state index is 11.7. The monoisotopic (exact) mass is 464 g/mol. The van der Waals surface area contributed by atoms with Gasteiger partial charge in [-0.15, -0.1) is 0 Å². The number of aliphatic hydroxyl groups is 3. The molecule has 0 amide bonds. The number of H-pyrrole nitrogens is 3. The number of nitrogens with two attached hydrogens (primary N) is 4. The maximum Gasteiger partial charge on any atom is 0.280 e. The van der Waals surface area contributed by atoms with E-state index >= 15 is 0 Å². The molecule has 33 heavy (non-hydrogen) atoms. The van der Waals surface area contributed by atoms with Crippen molar-refractivity contribution in [2.45, 2.75) is 24.5 Å². The van der Waals surface area contributed by atoms with Crippen molar-refractivity contribution in [1.29, 1.82) is 0 Å². The van der Waals surface area contributed by atoms with Crippen LogP contribution in [-0.2, 0) is 4.74 Å². The number of anilines is 4. The molecule has 14 N–H and O–H groups in total. The summed E-state index contributed by atoms with van der Waals surface area (Å²) in [6.45, 7) is -0.489. The summed E-state index contributed by atoms with van der Waals surface area (Å²) in [5.74, 6) is -0.114. The summed E-state index contributed by atoms with van der Waals surface area (Å²) in [4.78, 5) is 45.3. The Kier molecular flexibility index (Phi) is 5.33. The van der Waals surface area contributed by atoms with Crippen LogP contribution in [0.3, 0.4) is 0 Å². The zero-order valence-corrected chi connectivity index (χ0v) is 16.6. The Morgan fingerprint density at radius 2 is 1.48 bits per heavy atom. The Hall–Kier alpha value is -4.26. The smallest absolute Gasteiger partial charge is 0.280 e. The Bertz CT molecular complexity index is 1440. The number of rotatable bonds is 2. The van der Waals surface area contributed by atoms with Gasteiger partial charge in [-0.3, -0.25) is 24.1 Å². The van der Waals surface area contributed by atoms with Crippen LogP contribution in [0, 0.1) is 0 Å². The van der Waals surface area contributed by atoms with Crippen LogP contribution in [0.25, 0.3) is 22.3 Å². The standard InChI is InChI=1S/C10H14N6O5.C5H6N6O/c11-9-14-6-3(7(20)15-9)13-10(12)16(6)8-5(19)4(18)2(1-17)21-8;6-4-8-1-2(9-4)10-5(7)11-3(1)12/h2,4-5,8,17-19H,1H2,(H2,12,13)(H3,11,14,15,20);(H6,6,7,8,9,10,11,12)/t2-,4-,5-,8-;/m1./s1. The van der Waals surface area contributed by atoms with Gasteiger partial charge in [0.15, 0.2) is 34.5 Å². The molecular weight excluding hydrogens is 444 g/mol. The number of imidazole rings is 2. The van der Waals surface area contributed by atoms with Gasteiger partial charge in [0, 0.05) is 0 Å². The molecule has 0 spiro atoms. The van der Waals surface area contributed by atoms with Crippen molar-refractivity contribution >= 4 is 46.1 Å². The minimum absolute atomic E-state index is 0.0172. The van der Waals surface area contributed by atoms with E-state index in [1.54, 1.807) is 0 Å². The summed E-state index contributed by atoms with van der Waals surface area (Å²) < 4.78 is 6.51. The molecule has 0 aliphatic carbocycles. The Labute approximate surface area is 181 Å². The Morgan fingerprint density at radius 3 is 2.12 bits per heavy atom. The van der Waals surface area contributed by atoms with Gasteiger partial charge in [-0.2, -0.15) is 15.0 Å². The number of aliphatic hydroxyl groups excluding tert-OH is 3. The molecule has 0 bridgehead atoms. The van der Waals surface area contributed by atoms with Gasteiger partial charge in [-0.05, 0) is 0 Å². The molecule has 1 saturated heterocycles. The van der Waals surface area contributed by atoms with Crippen molar-refractivity contribution in [1.82, 2.24) is 39.5 Å². The molecule has 5 rings (SSSR count). The first-order chi connectivity index (χ1) is 15.6. The summed E-state index contributed by atoms with van der Waals surface area (Å²) in [7, 11) is 0. The third kappa shape index (κ3) is 3.78. The van der Waals surface area contributed by atoms with Gasteiger partial charge in [-0.1, -0.05) is 0 Å². The zero-order chi connectivity index (χ0) is 24.0. The first kappa shape index (κ1) is 22.0.